The Labute approximate surface area is 114 Å². The second-order valence-electron chi connectivity index (χ2n) is 5.57. The zero-order valence-electron chi connectivity index (χ0n) is 11.7. The van der Waals surface area contributed by atoms with Crippen LogP contribution in [0.2, 0.25) is 0 Å². The number of rotatable bonds is 1. The van der Waals surface area contributed by atoms with E-state index in [2.05, 4.69) is 16.0 Å². The zero-order chi connectivity index (χ0) is 13.9. The van der Waals surface area contributed by atoms with Crippen molar-refractivity contribution in [3.63, 3.8) is 0 Å². The largest absolute Gasteiger partial charge is 0.444 e. The number of nitrogens with zero attached hydrogens (tertiary/aromatic N) is 3. The molecule has 2 rings (SSSR count). The molecule has 0 N–H and O–H groups in total. The molecular formula is C14H20N3O2. The summed E-state index contributed by atoms with van der Waals surface area (Å²) in [4.78, 5) is 20.1. The number of hydrogen-bond acceptors (Lipinski definition) is 4. The first-order chi connectivity index (χ1) is 8.96. The number of aromatic nitrogens is 1. The molecule has 1 aliphatic heterocycles. The highest BCUT2D eigenvalue weighted by atomic mass is 16.6. The van der Waals surface area contributed by atoms with Gasteiger partial charge in [-0.1, -0.05) is 0 Å². The Kier molecular flexibility index (Phi) is 3.93. The molecule has 0 aliphatic carbocycles. The summed E-state index contributed by atoms with van der Waals surface area (Å²) in [5.41, 5.74) is -0.440. The van der Waals surface area contributed by atoms with Crippen LogP contribution >= 0.6 is 0 Å². The molecule has 103 valence electrons. The Balaban J connectivity index is 1.88. The number of carbonyl (C=O) groups excluding carboxylic acids is 1. The predicted octanol–water partition coefficient (Wildman–Crippen LogP) is 1.94. The van der Waals surface area contributed by atoms with Gasteiger partial charge in [0.2, 0.25) is 0 Å². The summed E-state index contributed by atoms with van der Waals surface area (Å²) in [6.45, 7) is 8.49. The van der Waals surface area contributed by atoms with Crippen LogP contribution in [-0.4, -0.2) is 47.8 Å². The van der Waals surface area contributed by atoms with Crippen molar-refractivity contribution >= 4 is 11.9 Å². The number of amides is 1. The first-order valence-corrected chi connectivity index (χ1v) is 6.51. The van der Waals surface area contributed by atoms with Gasteiger partial charge in [0.05, 0.1) is 0 Å². The van der Waals surface area contributed by atoms with Gasteiger partial charge in [-0.15, -0.1) is 0 Å². The van der Waals surface area contributed by atoms with E-state index in [9.17, 15) is 4.79 Å². The highest BCUT2D eigenvalue weighted by molar-refractivity contribution is 5.68. The van der Waals surface area contributed by atoms with Gasteiger partial charge in [0.1, 0.15) is 11.4 Å². The third kappa shape index (κ3) is 3.84. The van der Waals surface area contributed by atoms with Crippen LogP contribution in [0.15, 0.2) is 18.3 Å². The van der Waals surface area contributed by atoms with Crippen LogP contribution in [0, 0.1) is 6.07 Å². The normalized spacial score (nSPS) is 16.4. The average Bonchev–Trinajstić information content (AvgIpc) is 2.38. The van der Waals surface area contributed by atoms with Crippen molar-refractivity contribution in [1.82, 2.24) is 9.88 Å². The standard InChI is InChI=1S/C14H20N3O2/c1-14(2,3)19-13(18)17-10-8-16(9-11-17)12-6-4-5-7-15-12/h5-7H,8-11H2,1-3H3. The Morgan fingerprint density at radius 2 is 2.00 bits per heavy atom. The summed E-state index contributed by atoms with van der Waals surface area (Å²) in [5.74, 6) is 0.909. The Bertz CT molecular complexity index is 420. The highest BCUT2D eigenvalue weighted by Gasteiger charge is 2.26. The van der Waals surface area contributed by atoms with Gasteiger partial charge in [0, 0.05) is 32.4 Å². The maximum absolute atomic E-state index is 11.9. The van der Waals surface area contributed by atoms with Gasteiger partial charge < -0.3 is 14.5 Å². The van der Waals surface area contributed by atoms with Crippen LogP contribution in [0.4, 0.5) is 10.6 Å². The maximum Gasteiger partial charge on any atom is 0.410 e. The van der Waals surface area contributed by atoms with Crippen molar-refractivity contribution in [2.45, 2.75) is 26.4 Å². The van der Waals surface area contributed by atoms with E-state index in [1.165, 1.54) is 0 Å². The van der Waals surface area contributed by atoms with Crippen molar-refractivity contribution in [1.29, 1.82) is 0 Å². The molecule has 5 heteroatoms. The van der Waals surface area contributed by atoms with Crippen LogP contribution in [0.3, 0.4) is 0 Å². The number of carbonyl (C=O) groups is 1. The fourth-order valence-corrected chi connectivity index (χ4v) is 1.93. The Morgan fingerprint density at radius 1 is 1.32 bits per heavy atom. The van der Waals surface area contributed by atoms with Gasteiger partial charge >= 0.3 is 6.09 Å². The predicted molar refractivity (Wildman–Crippen MR) is 73.1 cm³/mol. The van der Waals surface area contributed by atoms with E-state index in [0.717, 1.165) is 18.9 Å². The van der Waals surface area contributed by atoms with Crippen LogP contribution in [0.5, 0.6) is 0 Å². The average molecular weight is 262 g/mol. The summed E-state index contributed by atoms with van der Waals surface area (Å²) >= 11 is 0. The minimum atomic E-state index is -0.440. The number of pyridine rings is 1. The molecule has 1 fully saturated rings. The minimum absolute atomic E-state index is 0.236. The molecule has 0 bridgehead atoms. The van der Waals surface area contributed by atoms with Crippen LogP contribution < -0.4 is 4.90 Å². The number of piperazine rings is 1. The van der Waals surface area contributed by atoms with Crippen molar-refractivity contribution in [3.05, 3.63) is 24.4 Å². The SMILES string of the molecule is CC(C)(C)OC(=O)N1CCN(c2c[c]ccn2)CC1. The quantitative estimate of drug-likeness (QED) is 0.776. The third-order valence-electron chi connectivity index (χ3n) is 2.85. The first-order valence-electron chi connectivity index (χ1n) is 6.51. The summed E-state index contributed by atoms with van der Waals surface area (Å²) in [6.07, 6.45) is 1.50. The molecule has 0 spiro atoms. The van der Waals surface area contributed by atoms with E-state index in [1.807, 2.05) is 26.8 Å². The van der Waals surface area contributed by atoms with E-state index >= 15 is 0 Å². The molecular weight excluding hydrogens is 242 g/mol. The van der Waals surface area contributed by atoms with Gasteiger partial charge in [0.15, 0.2) is 0 Å². The number of hydrogen-bond donors (Lipinski definition) is 0. The third-order valence-corrected chi connectivity index (χ3v) is 2.85. The lowest BCUT2D eigenvalue weighted by molar-refractivity contribution is 0.0240. The van der Waals surface area contributed by atoms with Gasteiger partial charge in [-0.2, -0.15) is 0 Å². The van der Waals surface area contributed by atoms with Crippen molar-refractivity contribution in [2.75, 3.05) is 31.1 Å². The topological polar surface area (TPSA) is 45.7 Å². The summed E-state index contributed by atoms with van der Waals surface area (Å²) < 4.78 is 5.36. The van der Waals surface area contributed by atoms with Crippen LogP contribution in [0.1, 0.15) is 20.8 Å². The molecule has 0 saturated carbocycles. The highest BCUT2D eigenvalue weighted by Crippen LogP contribution is 2.15. The summed E-state index contributed by atoms with van der Waals surface area (Å²) in [6, 6.07) is 6.66. The molecule has 19 heavy (non-hydrogen) atoms. The van der Waals surface area contributed by atoms with Crippen molar-refractivity contribution in [2.24, 2.45) is 0 Å². The molecule has 2 heterocycles. The molecule has 1 aromatic rings. The van der Waals surface area contributed by atoms with E-state index in [-0.39, 0.29) is 6.09 Å². The van der Waals surface area contributed by atoms with Gasteiger partial charge in [0.25, 0.3) is 0 Å². The van der Waals surface area contributed by atoms with Crippen molar-refractivity contribution in [3.8, 4) is 0 Å². The maximum atomic E-state index is 11.9. The fourth-order valence-electron chi connectivity index (χ4n) is 1.93. The Hall–Kier alpha value is -1.78. The van der Waals surface area contributed by atoms with Gasteiger partial charge in [-0.3, -0.25) is 0 Å². The molecule has 1 saturated heterocycles. The second-order valence-corrected chi connectivity index (χ2v) is 5.57. The molecule has 0 aromatic carbocycles. The van der Waals surface area contributed by atoms with Gasteiger partial charge in [-0.25, -0.2) is 9.78 Å². The smallest absolute Gasteiger partial charge is 0.410 e. The summed E-state index contributed by atoms with van der Waals surface area (Å²) in [5, 5.41) is 0. The number of ether oxygens (including phenoxy) is 1. The Morgan fingerprint density at radius 3 is 2.53 bits per heavy atom. The second kappa shape index (κ2) is 5.47. The van der Waals surface area contributed by atoms with Crippen LogP contribution in [-0.2, 0) is 4.74 Å². The molecule has 1 aromatic heterocycles. The zero-order valence-corrected chi connectivity index (χ0v) is 11.7. The monoisotopic (exact) mass is 262 g/mol. The van der Waals surface area contributed by atoms with Gasteiger partial charge in [-0.05, 0) is 39.0 Å². The van der Waals surface area contributed by atoms with E-state index in [4.69, 9.17) is 4.74 Å². The lowest BCUT2D eigenvalue weighted by atomic mass is 10.2. The van der Waals surface area contributed by atoms with Crippen molar-refractivity contribution < 1.29 is 9.53 Å². The fraction of sp³-hybridized carbons (Fsp3) is 0.571. The molecule has 1 amide bonds. The molecule has 0 unspecified atom stereocenters. The molecule has 5 nitrogen and oxygen atoms in total. The summed E-state index contributed by atoms with van der Waals surface area (Å²) in [7, 11) is 0. The van der Waals surface area contributed by atoms with E-state index in [0.29, 0.717) is 13.1 Å². The minimum Gasteiger partial charge on any atom is -0.444 e. The lowest BCUT2D eigenvalue weighted by Crippen LogP contribution is -2.50. The van der Waals surface area contributed by atoms with E-state index in [1.54, 1.807) is 17.2 Å². The number of anilines is 1. The molecule has 0 atom stereocenters. The lowest BCUT2D eigenvalue weighted by Gasteiger charge is -2.36. The van der Waals surface area contributed by atoms with E-state index < -0.39 is 5.60 Å². The molecule has 1 radical (unpaired) electrons. The van der Waals surface area contributed by atoms with Crippen LogP contribution in [0.25, 0.3) is 0 Å². The first kappa shape index (κ1) is 13.6. The molecule has 1 aliphatic rings.